The first-order valence-corrected chi connectivity index (χ1v) is 13.7. The molecule has 0 radical (unpaired) electrons. The van der Waals surface area contributed by atoms with Gasteiger partial charge in [0.05, 0.1) is 0 Å². The van der Waals surface area contributed by atoms with Crippen LogP contribution in [0.25, 0.3) is 11.1 Å². The minimum absolute atomic E-state index is 0.0936. The zero-order valence-corrected chi connectivity index (χ0v) is 25.4. The van der Waals surface area contributed by atoms with Crippen molar-refractivity contribution in [3.63, 3.8) is 0 Å². The first-order chi connectivity index (χ1) is 13.3. The minimum atomic E-state index is -0.584. The molecule has 1 atom stereocenters. The van der Waals surface area contributed by atoms with Crippen molar-refractivity contribution in [1.82, 2.24) is 4.98 Å². The van der Waals surface area contributed by atoms with Crippen LogP contribution in [-0.2, 0) is 0 Å². The van der Waals surface area contributed by atoms with E-state index in [0.29, 0.717) is 68.9 Å². The van der Waals surface area contributed by atoms with Gasteiger partial charge in [-0.1, -0.05) is 0 Å². The van der Waals surface area contributed by atoms with Gasteiger partial charge in [0.15, 0.2) is 0 Å². The van der Waals surface area contributed by atoms with Gasteiger partial charge < -0.3 is 0 Å². The molecule has 1 amide bonds. The summed E-state index contributed by atoms with van der Waals surface area (Å²) in [5, 5.41) is 2.67. The molecule has 0 bridgehead atoms. The van der Waals surface area contributed by atoms with E-state index in [1.54, 1.807) is 24.4 Å². The normalized spacial score (nSPS) is 17.3. The molecular weight excluding hydrogens is 859 g/mol. The van der Waals surface area contributed by atoms with Gasteiger partial charge in [-0.3, -0.25) is 0 Å². The molecule has 2 heterocycles. The number of benzene rings is 2. The van der Waals surface area contributed by atoms with E-state index < -0.39 is 13.1 Å². The Morgan fingerprint density at radius 1 is 1.14 bits per heavy atom. The van der Waals surface area contributed by atoms with Gasteiger partial charge in [0, 0.05) is 0 Å². The molecule has 1 unspecified atom stereocenters. The summed E-state index contributed by atoms with van der Waals surface area (Å²) >= 11 is 3.00. The van der Waals surface area contributed by atoms with Gasteiger partial charge in [-0.2, -0.15) is 0 Å². The van der Waals surface area contributed by atoms with Crippen molar-refractivity contribution in [3.05, 3.63) is 66.1 Å². The van der Waals surface area contributed by atoms with Gasteiger partial charge in [-0.25, -0.2) is 0 Å². The molecule has 0 saturated carbocycles. The predicted molar refractivity (Wildman–Crippen MR) is 113 cm³/mol. The molecule has 3 aromatic rings. The summed E-state index contributed by atoms with van der Waals surface area (Å²) in [6.07, 6.45) is 1.65. The third kappa shape index (κ3) is 4.20. The molecule has 1 aliphatic heterocycles. The zero-order valence-electron chi connectivity index (χ0n) is 14.3. The molecule has 1 aliphatic rings. The number of alkyl halides is 1. The zero-order chi connectivity index (χ0) is 19.9. The van der Waals surface area contributed by atoms with Gasteiger partial charge in [0.2, 0.25) is 0 Å². The third-order valence-electron chi connectivity index (χ3n) is 4.06. The monoisotopic (exact) mass is 870 g/mol. The Morgan fingerprint density at radius 2 is 1.93 bits per heavy atom. The molecule has 1 aromatic heterocycles. The van der Waals surface area contributed by atoms with Crippen molar-refractivity contribution < 1.29 is 18.7 Å². The number of amides is 1. The Morgan fingerprint density at radius 3 is 2.64 bits per heavy atom. The number of aromatic nitrogens is 1. The van der Waals surface area contributed by atoms with E-state index in [1.807, 2.05) is 24.3 Å². The molecule has 0 fully saturated rings. The topological polar surface area (TPSA) is 60.5 Å². The Labute approximate surface area is 205 Å². The molecule has 134 valence electrons. The predicted octanol–water partition coefficient (Wildman–Crippen LogP) is 2.92. The summed E-state index contributed by atoms with van der Waals surface area (Å²) in [4.78, 5) is 16.8. The SMILES string of the molecule is O=C(Nc1ccc(-c2cccc3c2O[C](I)([Tl])O3)cn1)c1c(F)ccc[c]1[Tl]. The summed E-state index contributed by atoms with van der Waals surface area (Å²) in [6.45, 7) is 0. The van der Waals surface area contributed by atoms with Gasteiger partial charge in [-0.05, 0) is 0 Å². The van der Waals surface area contributed by atoms with E-state index in [4.69, 9.17) is 9.47 Å². The summed E-state index contributed by atoms with van der Waals surface area (Å²) in [5.74, 6) is 0.772. The fourth-order valence-corrected chi connectivity index (χ4v) is 5.71. The Kier molecular flexibility index (Phi) is 5.93. The molecule has 5 nitrogen and oxygen atoms in total. The van der Waals surface area contributed by atoms with Crippen molar-refractivity contribution in [2.24, 2.45) is 0 Å². The first kappa shape index (κ1) is 20.4. The molecular formula is C19H10FIN2O3Tl2. The van der Waals surface area contributed by atoms with E-state index in [9.17, 15) is 9.18 Å². The van der Waals surface area contributed by atoms with Crippen LogP contribution < -0.4 is 17.9 Å². The number of ether oxygens (including phenoxy) is 2. The fourth-order valence-electron chi connectivity index (χ4n) is 2.83. The molecule has 1 N–H and O–H groups in total. The summed E-state index contributed by atoms with van der Waals surface area (Å²) in [5.41, 5.74) is 1.81. The van der Waals surface area contributed by atoms with Gasteiger partial charge in [0.25, 0.3) is 0 Å². The number of fused-ring (bicyclic) bond motifs is 1. The molecule has 0 spiro atoms. The summed E-state index contributed by atoms with van der Waals surface area (Å²) in [6, 6.07) is 13.9. The maximum absolute atomic E-state index is 14.0. The second kappa shape index (κ2) is 8.12. The number of hydrogen-bond acceptors (Lipinski definition) is 4. The number of anilines is 1. The number of para-hydroxylation sites is 1. The first-order valence-electron chi connectivity index (χ1n) is 8.15. The van der Waals surface area contributed by atoms with Crippen LogP contribution in [0.2, 0.25) is 0 Å². The van der Waals surface area contributed by atoms with Crippen LogP contribution >= 0.6 is 22.6 Å². The Bertz CT molecular complexity index is 1060. The molecule has 2 aromatic carbocycles. The number of carbonyl (C=O) groups is 1. The third-order valence-corrected chi connectivity index (χ3v) is 7.29. The quantitative estimate of drug-likeness (QED) is 0.250. The number of rotatable bonds is 3. The van der Waals surface area contributed by atoms with Gasteiger partial charge in [0.1, 0.15) is 0 Å². The van der Waals surface area contributed by atoms with Crippen molar-refractivity contribution in [1.29, 1.82) is 0 Å². The average Bonchev–Trinajstić information content (AvgIpc) is 2.96. The number of nitrogens with zero attached hydrogens (tertiary/aromatic N) is 1. The molecule has 4 rings (SSSR count). The van der Waals surface area contributed by atoms with Crippen LogP contribution in [0.3, 0.4) is 0 Å². The average molecular weight is 869 g/mol. The number of carbonyl (C=O) groups excluding carboxylic acids is 1. The van der Waals surface area contributed by atoms with E-state index in [-0.39, 0.29) is 5.56 Å². The Hall–Kier alpha value is -0.836. The van der Waals surface area contributed by atoms with E-state index >= 15 is 0 Å². The second-order valence-electron chi connectivity index (χ2n) is 6.01. The number of pyridine rings is 1. The van der Waals surface area contributed by atoms with Crippen molar-refractivity contribution in [3.8, 4) is 22.6 Å². The van der Waals surface area contributed by atoms with Crippen LogP contribution in [0.1, 0.15) is 10.4 Å². The molecule has 0 aliphatic carbocycles. The molecule has 9 heteroatoms. The van der Waals surface area contributed by atoms with Crippen molar-refractivity contribution in [2.45, 2.75) is 1.35 Å². The van der Waals surface area contributed by atoms with Crippen LogP contribution in [-0.4, -0.2) is 63.8 Å². The van der Waals surface area contributed by atoms with Gasteiger partial charge in [-0.15, -0.1) is 0 Å². The van der Waals surface area contributed by atoms with E-state index in [2.05, 4.69) is 32.9 Å². The van der Waals surface area contributed by atoms with Crippen LogP contribution in [0, 0.1) is 5.82 Å². The van der Waals surface area contributed by atoms with Crippen molar-refractivity contribution in [2.75, 3.05) is 5.32 Å². The van der Waals surface area contributed by atoms with Crippen LogP contribution in [0.4, 0.5) is 10.2 Å². The maximum atomic E-state index is 14.0. The van der Waals surface area contributed by atoms with Crippen molar-refractivity contribution >= 4 is 89.0 Å². The number of hydrogen-bond donors (Lipinski definition) is 1. The standard InChI is InChI=1S/C19H10FIN2O3.2Tl/c20-14-6-2-1-4-13(14)18(24)23-16-9-8-11(10-22-16)12-5-3-7-15-17(12)26-19(21)25-15;;/h1-3,5-10H,(H,22,23,24);;. The van der Waals surface area contributed by atoms with E-state index in [0.717, 1.165) is 14.2 Å². The van der Waals surface area contributed by atoms with Crippen LogP contribution in [0.5, 0.6) is 11.5 Å². The summed E-state index contributed by atoms with van der Waals surface area (Å²) in [7, 11) is 0. The molecule has 28 heavy (non-hydrogen) atoms. The van der Waals surface area contributed by atoms with Crippen LogP contribution in [0.15, 0.2) is 54.7 Å². The van der Waals surface area contributed by atoms with E-state index in [1.165, 1.54) is 6.07 Å². The Balaban J connectivity index is 1.58. The van der Waals surface area contributed by atoms with Gasteiger partial charge >= 0.3 is 208 Å². The second-order valence-corrected chi connectivity index (χ2v) is 17.5. The number of nitrogens with one attached hydrogen (secondary N) is 1. The number of halogens is 2. The summed E-state index contributed by atoms with van der Waals surface area (Å²) < 4.78 is 25.9. The molecule has 0 saturated heterocycles. The fraction of sp³-hybridized carbons (Fsp3) is 0.0526.